The lowest BCUT2D eigenvalue weighted by atomic mass is 9.78. The minimum Gasteiger partial charge on any atom is -0.494 e. The third kappa shape index (κ3) is 5.68. The van der Waals surface area contributed by atoms with Gasteiger partial charge in [0, 0.05) is 0 Å². The first-order valence-electron chi connectivity index (χ1n) is 12.6. The number of benzene rings is 3. The number of alkyl halides is 4. The second kappa shape index (κ2) is 12.2. The van der Waals surface area contributed by atoms with E-state index >= 15 is 0 Å². The maximum absolute atomic E-state index is 14.6. The highest BCUT2D eigenvalue weighted by molar-refractivity contribution is 5.82. The zero-order valence-electron chi connectivity index (χ0n) is 21.8. The van der Waals surface area contributed by atoms with Crippen molar-refractivity contribution in [2.24, 2.45) is 0 Å². The fraction of sp³-hybridized carbons (Fsp3) is 0.367. The molecule has 0 bridgehead atoms. The highest BCUT2D eigenvalue weighted by Crippen LogP contribution is 2.59. The minimum absolute atomic E-state index is 0.0374. The molecule has 3 aromatic carbocycles. The Balaban J connectivity index is 0.000000255. The van der Waals surface area contributed by atoms with Crippen LogP contribution in [-0.4, -0.2) is 13.4 Å². The molecule has 0 amide bonds. The Labute approximate surface area is 222 Å². The molecule has 9 heteroatoms. The van der Waals surface area contributed by atoms with E-state index in [1.165, 1.54) is 26.0 Å². The lowest BCUT2D eigenvalue weighted by Gasteiger charge is -2.35. The highest BCUT2D eigenvalue weighted by atomic mass is 19.3. The highest BCUT2D eigenvalue weighted by Gasteiger charge is 2.65. The number of halogens is 7. The summed E-state index contributed by atoms with van der Waals surface area (Å²) < 4.78 is 105. The molecule has 0 spiro atoms. The van der Waals surface area contributed by atoms with Crippen molar-refractivity contribution in [1.29, 1.82) is 0 Å². The Bertz CT molecular complexity index is 1340. The Hall–Kier alpha value is -3.36. The molecule has 0 saturated carbocycles. The molecule has 0 N–H and O–H groups in total. The van der Waals surface area contributed by atoms with E-state index in [2.05, 4.69) is 6.92 Å². The summed E-state index contributed by atoms with van der Waals surface area (Å²) in [6, 6.07) is 9.34. The molecule has 3 aromatic rings. The summed E-state index contributed by atoms with van der Waals surface area (Å²) in [7, 11) is 1.48. The van der Waals surface area contributed by atoms with Crippen molar-refractivity contribution >= 4 is 6.29 Å². The van der Waals surface area contributed by atoms with Crippen LogP contribution in [0.2, 0.25) is 0 Å². The van der Waals surface area contributed by atoms with E-state index in [0.717, 1.165) is 36.6 Å². The first-order valence-corrected chi connectivity index (χ1v) is 12.6. The van der Waals surface area contributed by atoms with E-state index in [-0.39, 0.29) is 24.1 Å². The Kier molecular flexibility index (Phi) is 9.46. The van der Waals surface area contributed by atoms with E-state index in [4.69, 9.17) is 4.74 Å². The lowest BCUT2D eigenvalue weighted by Crippen LogP contribution is -2.41. The van der Waals surface area contributed by atoms with Crippen molar-refractivity contribution < 1.29 is 40.3 Å². The zero-order valence-corrected chi connectivity index (χ0v) is 21.8. The summed E-state index contributed by atoms with van der Waals surface area (Å²) >= 11 is 0. The fourth-order valence-electron chi connectivity index (χ4n) is 4.59. The molecule has 0 heterocycles. The zero-order chi connectivity index (χ0) is 29.0. The van der Waals surface area contributed by atoms with Gasteiger partial charge in [-0.05, 0) is 59.7 Å². The van der Waals surface area contributed by atoms with Crippen molar-refractivity contribution in [2.45, 2.75) is 64.2 Å². The predicted molar refractivity (Wildman–Crippen MR) is 135 cm³/mol. The molecule has 1 aliphatic rings. The van der Waals surface area contributed by atoms with Crippen molar-refractivity contribution in [3.05, 3.63) is 87.7 Å². The second-order valence-electron chi connectivity index (χ2n) is 9.30. The van der Waals surface area contributed by atoms with Gasteiger partial charge in [-0.15, -0.1) is 0 Å². The van der Waals surface area contributed by atoms with Gasteiger partial charge in [0.2, 0.25) is 0 Å². The average molecular weight is 555 g/mol. The van der Waals surface area contributed by atoms with Gasteiger partial charge >= 0.3 is 11.8 Å². The van der Waals surface area contributed by atoms with Crippen LogP contribution in [0.4, 0.5) is 30.7 Å². The fourth-order valence-corrected chi connectivity index (χ4v) is 4.59. The second-order valence-corrected chi connectivity index (χ2v) is 9.30. The molecule has 0 atom stereocenters. The number of hydrogen-bond donors (Lipinski definition) is 0. The van der Waals surface area contributed by atoms with Crippen LogP contribution in [0.15, 0.2) is 42.5 Å². The largest absolute Gasteiger partial charge is 0.494 e. The first kappa shape index (κ1) is 30.2. The summed E-state index contributed by atoms with van der Waals surface area (Å²) in [5.74, 6) is -13.0. The normalized spacial score (nSPS) is 14.5. The van der Waals surface area contributed by atoms with Crippen LogP contribution in [0.3, 0.4) is 0 Å². The minimum atomic E-state index is -5.00. The number of aryl methyl sites for hydroxylation is 2. The van der Waals surface area contributed by atoms with Crippen LogP contribution < -0.4 is 4.74 Å². The Morgan fingerprint density at radius 2 is 1.38 bits per heavy atom. The summed E-state index contributed by atoms with van der Waals surface area (Å²) in [6.45, 7) is 3.85. The van der Waals surface area contributed by atoms with Gasteiger partial charge in [-0.3, -0.25) is 4.79 Å². The van der Waals surface area contributed by atoms with Crippen molar-refractivity contribution in [3.8, 4) is 16.9 Å². The summed E-state index contributed by atoms with van der Waals surface area (Å²) in [4.78, 5) is 10.8. The van der Waals surface area contributed by atoms with Crippen LogP contribution >= 0.6 is 0 Å². The average Bonchev–Trinajstić information content (AvgIpc) is 2.89. The van der Waals surface area contributed by atoms with E-state index in [9.17, 15) is 35.5 Å². The molecular formula is C30H29F7O2. The molecule has 4 rings (SSSR count). The topological polar surface area (TPSA) is 26.3 Å². The number of carbonyl (C=O) groups is 1. The van der Waals surface area contributed by atoms with Crippen LogP contribution in [-0.2, 0) is 24.7 Å². The molecule has 0 unspecified atom stereocenters. The molecule has 0 aliphatic heterocycles. The van der Waals surface area contributed by atoms with Gasteiger partial charge in [-0.25, -0.2) is 13.2 Å². The lowest BCUT2D eigenvalue weighted by molar-refractivity contribution is -0.227. The molecular weight excluding hydrogens is 525 g/mol. The standard InChI is InChI=1S/C18H12F6O.C12H17FO/c1-2-3-9-4-6-11-12-7-5-10(8-25)16(20)14(12)18(23,24)17(21,22)13(11)15(9)19;1-3-4-5-6-10-7-8-12(14-2)11(13)9-10/h4-8H,2-3H2,1H3;7-9H,3-6H2,1-2H3. The van der Waals surface area contributed by atoms with Crippen molar-refractivity contribution in [2.75, 3.05) is 7.11 Å². The number of aldehydes is 1. The van der Waals surface area contributed by atoms with Crippen LogP contribution in [0, 0.1) is 17.5 Å². The van der Waals surface area contributed by atoms with E-state index in [1.807, 2.05) is 6.07 Å². The molecule has 1 aliphatic carbocycles. The summed E-state index contributed by atoms with van der Waals surface area (Å²) in [5, 5.41) is 0. The smallest absolute Gasteiger partial charge is 0.343 e. The number of unbranched alkanes of at least 4 members (excludes halogenated alkanes) is 2. The van der Waals surface area contributed by atoms with E-state index < -0.39 is 51.3 Å². The summed E-state index contributed by atoms with van der Waals surface area (Å²) in [5.41, 5.74) is -3.88. The quantitative estimate of drug-likeness (QED) is 0.158. The third-order valence-electron chi connectivity index (χ3n) is 6.64. The van der Waals surface area contributed by atoms with Crippen molar-refractivity contribution in [1.82, 2.24) is 0 Å². The Morgan fingerprint density at radius 3 is 1.92 bits per heavy atom. The first-order chi connectivity index (χ1) is 18.5. The molecule has 0 aromatic heterocycles. The Morgan fingerprint density at radius 1 is 0.769 bits per heavy atom. The van der Waals surface area contributed by atoms with Crippen LogP contribution in [0.25, 0.3) is 11.1 Å². The van der Waals surface area contributed by atoms with Gasteiger partial charge in [0.15, 0.2) is 17.9 Å². The van der Waals surface area contributed by atoms with E-state index in [0.29, 0.717) is 12.2 Å². The molecule has 2 nitrogen and oxygen atoms in total. The predicted octanol–water partition coefficient (Wildman–Crippen LogP) is 9.16. The number of fused-ring (bicyclic) bond motifs is 3. The number of carbonyl (C=O) groups excluding carboxylic acids is 1. The van der Waals surface area contributed by atoms with Crippen LogP contribution in [0.5, 0.6) is 5.75 Å². The number of hydrogen-bond acceptors (Lipinski definition) is 2. The number of rotatable bonds is 8. The number of methoxy groups -OCH3 is 1. The van der Waals surface area contributed by atoms with Gasteiger partial charge in [0.25, 0.3) is 0 Å². The van der Waals surface area contributed by atoms with Crippen molar-refractivity contribution in [3.63, 3.8) is 0 Å². The molecule has 39 heavy (non-hydrogen) atoms. The van der Waals surface area contributed by atoms with Gasteiger partial charge in [0.1, 0.15) is 11.6 Å². The molecule has 0 fully saturated rings. The van der Waals surface area contributed by atoms with Gasteiger partial charge in [-0.1, -0.05) is 57.4 Å². The molecule has 210 valence electrons. The van der Waals surface area contributed by atoms with Crippen LogP contribution in [0.1, 0.15) is 72.1 Å². The maximum Gasteiger partial charge on any atom is 0.343 e. The van der Waals surface area contributed by atoms with E-state index in [1.54, 1.807) is 19.1 Å². The molecule has 0 saturated heterocycles. The number of ether oxygens (including phenoxy) is 1. The van der Waals surface area contributed by atoms with Gasteiger partial charge < -0.3 is 4.74 Å². The summed E-state index contributed by atoms with van der Waals surface area (Å²) in [6.07, 6.45) is 4.98. The SMILES string of the molecule is CCCCCc1ccc(OC)c(F)c1.CCCc1ccc2c(c1F)C(F)(F)C(F)(F)c1c-2ccc(C=O)c1F. The van der Waals surface area contributed by atoms with Gasteiger partial charge in [0.05, 0.1) is 23.8 Å². The van der Waals surface area contributed by atoms with Gasteiger partial charge in [-0.2, -0.15) is 17.6 Å². The molecule has 0 radical (unpaired) electrons. The third-order valence-corrected chi connectivity index (χ3v) is 6.64. The monoisotopic (exact) mass is 554 g/mol. The maximum atomic E-state index is 14.6.